The third kappa shape index (κ3) is 2.93. The van der Waals surface area contributed by atoms with E-state index in [0.29, 0.717) is 24.7 Å². The molecular formula is C12H16N4O3. The van der Waals surface area contributed by atoms with Gasteiger partial charge in [-0.15, -0.1) is 0 Å². The lowest BCUT2D eigenvalue weighted by atomic mass is 10.2. The maximum atomic E-state index is 12.0. The number of imide groups is 1. The van der Waals surface area contributed by atoms with Crippen LogP contribution in [0.5, 0.6) is 5.88 Å². The number of hydrogen-bond acceptors (Lipinski definition) is 5. The number of hydrogen-bond donors (Lipinski definition) is 2. The number of amides is 3. The molecule has 1 aliphatic heterocycles. The van der Waals surface area contributed by atoms with E-state index in [1.807, 2.05) is 0 Å². The van der Waals surface area contributed by atoms with E-state index in [0.717, 1.165) is 0 Å². The smallest absolute Gasteiger partial charge is 0.324 e. The maximum absolute atomic E-state index is 12.0. The Morgan fingerprint density at radius 3 is 2.89 bits per heavy atom. The number of carbonyl (C=O) groups excluding carboxylic acids is 2. The summed E-state index contributed by atoms with van der Waals surface area (Å²) >= 11 is 0. The Hall–Kier alpha value is -2.31. The highest BCUT2D eigenvalue weighted by Gasteiger charge is 2.29. The van der Waals surface area contributed by atoms with Crippen molar-refractivity contribution in [3.05, 3.63) is 18.3 Å². The second-order valence-electron chi connectivity index (χ2n) is 4.18. The lowest BCUT2D eigenvalue weighted by Crippen LogP contribution is -2.43. The first-order valence-electron chi connectivity index (χ1n) is 5.97. The van der Waals surface area contributed by atoms with Crippen molar-refractivity contribution < 1.29 is 14.3 Å². The Kier molecular flexibility index (Phi) is 3.84. The van der Waals surface area contributed by atoms with Crippen molar-refractivity contribution in [3.8, 4) is 5.88 Å². The largest absolute Gasteiger partial charge is 0.481 e. The fraction of sp³-hybridized carbons (Fsp3) is 0.417. The molecule has 0 radical (unpaired) electrons. The summed E-state index contributed by atoms with van der Waals surface area (Å²) < 4.78 is 4.95. The van der Waals surface area contributed by atoms with E-state index in [1.165, 1.54) is 12.0 Å². The van der Waals surface area contributed by atoms with Gasteiger partial charge in [0, 0.05) is 19.2 Å². The van der Waals surface area contributed by atoms with Crippen LogP contribution in [-0.2, 0) is 4.79 Å². The molecule has 7 heteroatoms. The minimum Gasteiger partial charge on any atom is -0.481 e. The van der Waals surface area contributed by atoms with E-state index < -0.39 is 6.04 Å². The highest BCUT2D eigenvalue weighted by Crippen LogP contribution is 2.13. The molecule has 19 heavy (non-hydrogen) atoms. The second kappa shape index (κ2) is 5.55. The fourth-order valence-electron chi connectivity index (χ4n) is 1.81. The summed E-state index contributed by atoms with van der Waals surface area (Å²) in [6.07, 6.45) is 1.58. The van der Waals surface area contributed by atoms with Crippen LogP contribution in [-0.4, -0.2) is 48.1 Å². The van der Waals surface area contributed by atoms with Gasteiger partial charge in [0.2, 0.25) is 5.88 Å². The fourth-order valence-corrected chi connectivity index (χ4v) is 1.81. The van der Waals surface area contributed by atoms with E-state index in [9.17, 15) is 9.59 Å². The molecule has 0 spiro atoms. The van der Waals surface area contributed by atoms with Gasteiger partial charge in [0.05, 0.1) is 19.0 Å². The van der Waals surface area contributed by atoms with Crippen LogP contribution in [0.25, 0.3) is 0 Å². The molecule has 2 rings (SSSR count). The average Bonchev–Trinajstić information content (AvgIpc) is 2.85. The first-order chi connectivity index (χ1) is 9.11. The van der Waals surface area contributed by atoms with E-state index in [2.05, 4.69) is 15.6 Å². The van der Waals surface area contributed by atoms with E-state index in [1.54, 1.807) is 25.3 Å². The van der Waals surface area contributed by atoms with Crippen molar-refractivity contribution in [2.45, 2.75) is 13.0 Å². The van der Waals surface area contributed by atoms with E-state index in [-0.39, 0.29) is 11.9 Å². The molecule has 1 aliphatic rings. The standard InChI is InChI=1S/C12H16N4O3/c1-8(11(17)16-6-5-13-12(16)18)15-9-3-4-10(19-2)14-7-9/h3-4,7-8,15H,5-6H2,1-2H3,(H,13,18)/t8-/m1/s1. The predicted octanol–water partition coefficient (Wildman–Crippen LogP) is 0.442. The van der Waals surface area contributed by atoms with Crippen LogP contribution in [0.15, 0.2) is 18.3 Å². The molecule has 0 aliphatic carbocycles. The molecule has 1 aromatic heterocycles. The Morgan fingerprint density at radius 2 is 2.37 bits per heavy atom. The number of ether oxygens (including phenoxy) is 1. The molecule has 0 aromatic carbocycles. The number of urea groups is 1. The Balaban J connectivity index is 1.97. The van der Waals surface area contributed by atoms with Gasteiger partial charge in [-0.2, -0.15) is 0 Å². The lowest BCUT2D eigenvalue weighted by Gasteiger charge is -2.19. The summed E-state index contributed by atoms with van der Waals surface area (Å²) in [5, 5.41) is 5.59. The van der Waals surface area contributed by atoms with Crippen molar-refractivity contribution in [2.75, 3.05) is 25.5 Å². The van der Waals surface area contributed by atoms with Gasteiger partial charge in [-0.1, -0.05) is 0 Å². The molecule has 1 saturated heterocycles. The maximum Gasteiger partial charge on any atom is 0.324 e. The molecular weight excluding hydrogens is 248 g/mol. The van der Waals surface area contributed by atoms with Gasteiger partial charge in [0.25, 0.3) is 5.91 Å². The van der Waals surface area contributed by atoms with Crippen molar-refractivity contribution in [3.63, 3.8) is 0 Å². The summed E-state index contributed by atoms with van der Waals surface area (Å²) in [7, 11) is 1.54. The summed E-state index contributed by atoms with van der Waals surface area (Å²) in [6, 6.07) is 2.62. The van der Waals surface area contributed by atoms with Crippen LogP contribution in [0.1, 0.15) is 6.92 Å². The number of aromatic nitrogens is 1. The molecule has 7 nitrogen and oxygen atoms in total. The highest BCUT2D eigenvalue weighted by atomic mass is 16.5. The average molecular weight is 264 g/mol. The molecule has 1 aromatic rings. The summed E-state index contributed by atoms with van der Waals surface area (Å²) in [5.41, 5.74) is 0.696. The Morgan fingerprint density at radius 1 is 1.58 bits per heavy atom. The number of carbonyl (C=O) groups is 2. The van der Waals surface area contributed by atoms with E-state index >= 15 is 0 Å². The third-order valence-electron chi connectivity index (χ3n) is 2.82. The number of nitrogens with one attached hydrogen (secondary N) is 2. The number of pyridine rings is 1. The molecule has 1 atom stereocenters. The molecule has 0 saturated carbocycles. The van der Waals surface area contributed by atoms with Gasteiger partial charge in [-0.3, -0.25) is 9.69 Å². The summed E-state index contributed by atoms with van der Waals surface area (Å²) in [4.78, 5) is 28.7. The first-order valence-corrected chi connectivity index (χ1v) is 5.97. The zero-order valence-corrected chi connectivity index (χ0v) is 10.8. The zero-order valence-electron chi connectivity index (χ0n) is 10.8. The summed E-state index contributed by atoms with van der Waals surface area (Å²) in [5.74, 6) is 0.245. The Bertz CT molecular complexity index is 474. The second-order valence-corrected chi connectivity index (χ2v) is 4.18. The number of rotatable bonds is 4. The van der Waals surface area contributed by atoms with E-state index in [4.69, 9.17) is 4.74 Å². The number of nitrogens with zero attached hydrogens (tertiary/aromatic N) is 2. The molecule has 2 N–H and O–H groups in total. The quantitative estimate of drug-likeness (QED) is 0.824. The van der Waals surface area contributed by atoms with Crippen LogP contribution in [0.4, 0.5) is 10.5 Å². The van der Waals surface area contributed by atoms with Gasteiger partial charge >= 0.3 is 6.03 Å². The van der Waals surface area contributed by atoms with Crippen molar-refractivity contribution >= 4 is 17.6 Å². The normalized spacial score (nSPS) is 15.9. The SMILES string of the molecule is COc1ccc(N[C@H](C)C(=O)N2CCNC2=O)cn1. The van der Waals surface area contributed by atoms with Gasteiger partial charge in [-0.05, 0) is 13.0 Å². The minimum atomic E-state index is -0.501. The molecule has 0 unspecified atom stereocenters. The highest BCUT2D eigenvalue weighted by molar-refractivity contribution is 5.99. The minimum absolute atomic E-state index is 0.259. The molecule has 3 amide bonds. The topological polar surface area (TPSA) is 83.6 Å². The van der Waals surface area contributed by atoms with Gasteiger partial charge in [-0.25, -0.2) is 9.78 Å². The van der Waals surface area contributed by atoms with Crippen LogP contribution < -0.4 is 15.4 Å². The van der Waals surface area contributed by atoms with Crippen LogP contribution >= 0.6 is 0 Å². The Labute approximate surface area is 110 Å². The molecule has 1 fully saturated rings. The van der Waals surface area contributed by atoms with Gasteiger partial charge in [0.1, 0.15) is 6.04 Å². The predicted molar refractivity (Wildman–Crippen MR) is 69.0 cm³/mol. The van der Waals surface area contributed by atoms with Crippen LogP contribution in [0.3, 0.4) is 0 Å². The van der Waals surface area contributed by atoms with Crippen LogP contribution in [0.2, 0.25) is 0 Å². The molecule has 102 valence electrons. The van der Waals surface area contributed by atoms with Crippen LogP contribution in [0, 0.1) is 0 Å². The lowest BCUT2D eigenvalue weighted by molar-refractivity contribution is -0.128. The number of methoxy groups -OCH3 is 1. The van der Waals surface area contributed by atoms with Crippen molar-refractivity contribution in [1.82, 2.24) is 15.2 Å². The monoisotopic (exact) mass is 264 g/mol. The van der Waals surface area contributed by atoms with Gasteiger partial charge in [0.15, 0.2) is 0 Å². The van der Waals surface area contributed by atoms with Gasteiger partial charge < -0.3 is 15.4 Å². The number of anilines is 1. The van der Waals surface area contributed by atoms with Crippen molar-refractivity contribution in [1.29, 1.82) is 0 Å². The zero-order chi connectivity index (χ0) is 13.8. The summed E-state index contributed by atoms with van der Waals surface area (Å²) in [6.45, 7) is 2.62. The molecule has 2 heterocycles. The third-order valence-corrected chi connectivity index (χ3v) is 2.82. The van der Waals surface area contributed by atoms with Crippen molar-refractivity contribution in [2.24, 2.45) is 0 Å². The first kappa shape index (κ1) is 13.1. The molecule has 0 bridgehead atoms.